The number of urea groups is 1. The minimum atomic E-state index is -0.497. The SMILES string of the molecule is Cc1nc(C)c(CNC(=O)NC(C)(CO)C2CC2)s1. The van der Waals surface area contributed by atoms with Gasteiger partial charge in [0.2, 0.25) is 0 Å². The number of aromatic nitrogens is 1. The highest BCUT2D eigenvalue weighted by atomic mass is 32.1. The highest BCUT2D eigenvalue weighted by Crippen LogP contribution is 2.39. The number of carbonyl (C=O) groups excluding carboxylic acids is 1. The first-order chi connectivity index (χ1) is 8.94. The molecule has 0 spiro atoms. The van der Waals surface area contributed by atoms with Crippen molar-refractivity contribution in [3.63, 3.8) is 0 Å². The number of rotatable bonds is 5. The molecule has 1 fully saturated rings. The summed E-state index contributed by atoms with van der Waals surface area (Å²) in [5.74, 6) is 0.399. The Labute approximate surface area is 117 Å². The number of aliphatic hydroxyl groups excluding tert-OH is 1. The number of aliphatic hydroxyl groups is 1. The van der Waals surface area contributed by atoms with E-state index in [9.17, 15) is 9.90 Å². The Hall–Kier alpha value is -1.14. The molecule has 1 unspecified atom stereocenters. The standard InChI is InChI=1S/C13H21N3O2S/c1-8-11(19-9(2)15-8)6-14-12(18)16-13(3,7-17)10-4-5-10/h10,17H,4-7H2,1-3H3,(H2,14,16,18). The average molecular weight is 283 g/mol. The third-order valence-electron chi connectivity index (χ3n) is 3.62. The largest absolute Gasteiger partial charge is 0.394 e. The van der Waals surface area contributed by atoms with Crippen molar-refractivity contribution in [1.29, 1.82) is 0 Å². The van der Waals surface area contributed by atoms with E-state index in [4.69, 9.17) is 0 Å². The molecule has 6 heteroatoms. The number of amides is 2. The molecule has 2 rings (SSSR count). The van der Waals surface area contributed by atoms with E-state index in [0.29, 0.717) is 12.5 Å². The van der Waals surface area contributed by atoms with E-state index in [2.05, 4.69) is 15.6 Å². The number of hydrogen-bond donors (Lipinski definition) is 3. The van der Waals surface area contributed by atoms with Crippen molar-refractivity contribution in [1.82, 2.24) is 15.6 Å². The van der Waals surface area contributed by atoms with Crippen molar-refractivity contribution < 1.29 is 9.90 Å². The lowest BCUT2D eigenvalue weighted by atomic mass is 9.97. The predicted octanol–water partition coefficient (Wildman–Crippen LogP) is 1.72. The van der Waals surface area contributed by atoms with Gasteiger partial charge in [0.1, 0.15) is 0 Å². The molecule has 1 atom stereocenters. The Morgan fingerprint density at radius 2 is 2.21 bits per heavy atom. The molecular formula is C13H21N3O2S. The molecular weight excluding hydrogens is 262 g/mol. The second-order valence-corrected chi connectivity index (χ2v) is 6.69. The maximum Gasteiger partial charge on any atom is 0.315 e. The van der Waals surface area contributed by atoms with Gasteiger partial charge in [-0.05, 0) is 39.5 Å². The van der Waals surface area contributed by atoms with Gasteiger partial charge >= 0.3 is 6.03 Å². The van der Waals surface area contributed by atoms with E-state index in [-0.39, 0.29) is 12.6 Å². The summed E-state index contributed by atoms with van der Waals surface area (Å²) in [6.07, 6.45) is 2.15. The van der Waals surface area contributed by atoms with Gasteiger partial charge in [-0.3, -0.25) is 0 Å². The molecule has 1 saturated carbocycles. The maximum absolute atomic E-state index is 11.9. The van der Waals surface area contributed by atoms with Gasteiger partial charge in [0.25, 0.3) is 0 Å². The Morgan fingerprint density at radius 3 is 2.68 bits per heavy atom. The van der Waals surface area contributed by atoms with Crippen LogP contribution in [0.15, 0.2) is 0 Å². The Morgan fingerprint density at radius 1 is 1.53 bits per heavy atom. The normalized spacial score (nSPS) is 17.9. The summed E-state index contributed by atoms with van der Waals surface area (Å²) in [6.45, 7) is 6.25. The summed E-state index contributed by atoms with van der Waals surface area (Å²) in [5.41, 5.74) is 0.470. The van der Waals surface area contributed by atoms with Crippen LogP contribution in [0.3, 0.4) is 0 Å². The first-order valence-electron chi connectivity index (χ1n) is 6.54. The molecule has 1 aliphatic carbocycles. The molecule has 5 nitrogen and oxygen atoms in total. The van der Waals surface area contributed by atoms with Crippen molar-refractivity contribution >= 4 is 17.4 Å². The zero-order valence-corrected chi connectivity index (χ0v) is 12.4. The first-order valence-corrected chi connectivity index (χ1v) is 7.36. The van der Waals surface area contributed by atoms with E-state index in [0.717, 1.165) is 28.4 Å². The summed E-state index contributed by atoms with van der Waals surface area (Å²) in [5, 5.41) is 16.2. The van der Waals surface area contributed by atoms with Crippen LogP contribution in [0.5, 0.6) is 0 Å². The van der Waals surface area contributed by atoms with E-state index < -0.39 is 5.54 Å². The zero-order valence-electron chi connectivity index (χ0n) is 11.6. The summed E-state index contributed by atoms with van der Waals surface area (Å²) in [7, 11) is 0. The van der Waals surface area contributed by atoms with Crippen LogP contribution in [0.2, 0.25) is 0 Å². The lowest BCUT2D eigenvalue weighted by Gasteiger charge is -2.28. The first kappa shape index (κ1) is 14.3. The molecule has 3 N–H and O–H groups in total. The Balaban J connectivity index is 1.86. The minimum Gasteiger partial charge on any atom is -0.394 e. The molecule has 1 aliphatic rings. The molecule has 2 amide bonds. The van der Waals surface area contributed by atoms with Gasteiger partial charge in [0, 0.05) is 4.88 Å². The van der Waals surface area contributed by atoms with Gasteiger partial charge in [0.05, 0.1) is 29.4 Å². The van der Waals surface area contributed by atoms with Crippen molar-refractivity contribution in [2.45, 2.75) is 45.7 Å². The minimum absolute atomic E-state index is 0.0240. The fourth-order valence-electron chi connectivity index (χ4n) is 2.19. The van der Waals surface area contributed by atoms with Crippen molar-refractivity contribution in [3.05, 3.63) is 15.6 Å². The summed E-state index contributed by atoms with van der Waals surface area (Å²) in [4.78, 5) is 17.3. The van der Waals surface area contributed by atoms with Crippen LogP contribution in [-0.4, -0.2) is 28.3 Å². The van der Waals surface area contributed by atoms with Crippen LogP contribution in [0.1, 0.15) is 35.3 Å². The van der Waals surface area contributed by atoms with E-state index in [1.54, 1.807) is 11.3 Å². The van der Waals surface area contributed by atoms with E-state index in [1.807, 2.05) is 20.8 Å². The van der Waals surface area contributed by atoms with Crippen LogP contribution in [-0.2, 0) is 6.54 Å². The molecule has 1 heterocycles. The number of aryl methyl sites for hydroxylation is 2. The number of thiazole rings is 1. The predicted molar refractivity (Wildman–Crippen MR) is 75.2 cm³/mol. The van der Waals surface area contributed by atoms with Crippen molar-refractivity contribution in [2.75, 3.05) is 6.61 Å². The quantitative estimate of drug-likeness (QED) is 0.770. The lowest BCUT2D eigenvalue weighted by molar-refractivity contribution is 0.155. The third-order valence-corrected chi connectivity index (χ3v) is 4.69. The highest BCUT2D eigenvalue weighted by Gasteiger charge is 2.42. The highest BCUT2D eigenvalue weighted by molar-refractivity contribution is 7.11. The number of nitrogens with zero attached hydrogens (tertiary/aromatic N) is 1. The van der Waals surface area contributed by atoms with Gasteiger partial charge < -0.3 is 15.7 Å². The molecule has 1 aromatic heterocycles. The van der Waals surface area contributed by atoms with Gasteiger partial charge in [-0.2, -0.15) is 0 Å². The molecule has 0 aliphatic heterocycles. The second kappa shape index (κ2) is 5.46. The van der Waals surface area contributed by atoms with Gasteiger partial charge in [-0.25, -0.2) is 9.78 Å². The molecule has 0 aromatic carbocycles. The average Bonchev–Trinajstić information content (AvgIpc) is 3.14. The number of hydrogen-bond acceptors (Lipinski definition) is 4. The van der Waals surface area contributed by atoms with Gasteiger partial charge in [-0.1, -0.05) is 0 Å². The Kier molecular flexibility index (Phi) is 4.10. The number of carbonyl (C=O) groups is 1. The van der Waals surface area contributed by atoms with Gasteiger partial charge in [0.15, 0.2) is 0 Å². The topological polar surface area (TPSA) is 74.2 Å². The van der Waals surface area contributed by atoms with E-state index >= 15 is 0 Å². The fraction of sp³-hybridized carbons (Fsp3) is 0.692. The molecule has 106 valence electrons. The second-order valence-electron chi connectivity index (χ2n) is 5.40. The van der Waals surface area contributed by atoms with Crippen LogP contribution >= 0.6 is 11.3 Å². The molecule has 19 heavy (non-hydrogen) atoms. The van der Waals surface area contributed by atoms with Crippen LogP contribution in [0.25, 0.3) is 0 Å². The monoisotopic (exact) mass is 283 g/mol. The Bertz CT molecular complexity index is 470. The smallest absolute Gasteiger partial charge is 0.315 e. The maximum atomic E-state index is 11.9. The van der Waals surface area contributed by atoms with Gasteiger partial charge in [-0.15, -0.1) is 11.3 Å². The molecule has 0 bridgehead atoms. The summed E-state index contributed by atoms with van der Waals surface area (Å²) >= 11 is 1.60. The third kappa shape index (κ3) is 3.45. The fourth-order valence-corrected chi connectivity index (χ4v) is 3.07. The number of nitrogens with one attached hydrogen (secondary N) is 2. The zero-order chi connectivity index (χ0) is 14.0. The summed E-state index contributed by atoms with van der Waals surface area (Å²) in [6, 6.07) is -0.228. The molecule has 0 radical (unpaired) electrons. The molecule has 1 aromatic rings. The van der Waals surface area contributed by atoms with Crippen molar-refractivity contribution in [2.24, 2.45) is 5.92 Å². The van der Waals surface area contributed by atoms with Crippen LogP contribution in [0, 0.1) is 19.8 Å². The van der Waals surface area contributed by atoms with Crippen molar-refractivity contribution in [3.8, 4) is 0 Å². The van der Waals surface area contributed by atoms with Crippen LogP contribution in [0.4, 0.5) is 4.79 Å². The molecule has 0 saturated heterocycles. The lowest BCUT2D eigenvalue weighted by Crippen LogP contribution is -2.53. The van der Waals surface area contributed by atoms with Crippen LogP contribution < -0.4 is 10.6 Å². The summed E-state index contributed by atoms with van der Waals surface area (Å²) < 4.78 is 0. The van der Waals surface area contributed by atoms with E-state index in [1.165, 1.54) is 0 Å².